The van der Waals surface area contributed by atoms with Gasteiger partial charge < -0.3 is 34.0 Å². The number of rotatable bonds is 20. The van der Waals surface area contributed by atoms with Crippen LogP contribution in [-0.4, -0.2) is 78.2 Å². The van der Waals surface area contributed by atoms with E-state index in [0.29, 0.717) is 35.8 Å². The Hall–Kier alpha value is -5.65. The Morgan fingerprint density at radius 3 is 2.37 bits per heavy atom. The summed E-state index contributed by atoms with van der Waals surface area (Å²) in [6.45, 7) is 4.58. The van der Waals surface area contributed by atoms with Gasteiger partial charge >= 0.3 is 6.09 Å². The molecule has 0 radical (unpaired) electrons. The number of aliphatic hydroxyl groups is 2. The molecule has 0 spiro atoms. The minimum atomic E-state index is -1.46. The zero-order valence-corrected chi connectivity index (χ0v) is 37.8. The molecule has 10 nitrogen and oxygen atoms in total. The van der Waals surface area contributed by atoms with Crippen LogP contribution in [0.3, 0.4) is 0 Å². The topological polar surface area (TPSA) is 119 Å². The van der Waals surface area contributed by atoms with Gasteiger partial charge in [0, 0.05) is 31.1 Å². The molecule has 11 heteroatoms. The van der Waals surface area contributed by atoms with Crippen LogP contribution in [0.15, 0.2) is 145 Å². The second kappa shape index (κ2) is 21.6. The van der Waals surface area contributed by atoms with Gasteiger partial charge in [0.25, 0.3) is 0 Å². The summed E-state index contributed by atoms with van der Waals surface area (Å²) in [6.07, 6.45) is 8.30. The van der Waals surface area contributed by atoms with Crippen molar-refractivity contribution in [3.8, 4) is 28.4 Å². The summed E-state index contributed by atoms with van der Waals surface area (Å²) in [5.74, 6) is 0.0413. The number of carbonyl (C=O) groups is 1. The second-order valence-electron chi connectivity index (χ2n) is 17.0. The predicted molar refractivity (Wildman–Crippen MR) is 255 cm³/mol. The number of allylic oxidation sites excluding steroid dienone is 1. The van der Waals surface area contributed by atoms with E-state index >= 15 is 0 Å². The van der Waals surface area contributed by atoms with E-state index in [9.17, 15) is 15.0 Å². The lowest BCUT2D eigenvalue weighted by atomic mass is 9.55. The highest BCUT2D eigenvalue weighted by molar-refractivity contribution is 6.18. The molecule has 0 aromatic heterocycles. The molecule has 1 amide bonds. The number of halogens is 1. The normalized spacial score (nSPS) is 22.6. The molecule has 1 aliphatic heterocycles. The van der Waals surface area contributed by atoms with Crippen LogP contribution in [0, 0.1) is 17.8 Å². The summed E-state index contributed by atoms with van der Waals surface area (Å²) in [4.78, 5) is 22.1. The highest BCUT2D eigenvalue weighted by Crippen LogP contribution is 2.62. The molecule has 5 aromatic rings. The standard InChI is InChI=1S/C54H59ClN2O8/c1-3-31-63-54-50(57(53(60)62-32-28-55)36-41-19-13-18-39-16-7-8-20-44(39)41)35-48(56-61-2)46-33-40(17-9-11-29-58)45(21-10-12-30-59)51(52(46)54)47-34-43(26-27-49(47)65-54)64-42-24-22-38(23-25-42)37-14-5-4-6-15-37/h3-8,13-16,18-20,22-27,33-34,40,45,50-52,58-59H,1,9-12,17,21,28-32,35-36H2,2H3/t40-,45+,50-,51+,52+,54+/m0/s1. The number of alkyl halides is 1. The summed E-state index contributed by atoms with van der Waals surface area (Å²) in [7, 11) is 1.54. The first-order valence-corrected chi connectivity index (χ1v) is 23.4. The van der Waals surface area contributed by atoms with Gasteiger partial charge in [0.15, 0.2) is 0 Å². The lowest BCUT2D eigenvalue weighted by Gasteiger charge is -2.59. The van der Waals surface area contributed by atoms with E-state index in [1.807, 2.05) is 66.7 Å². The van der Waals surface area contributed by atoms with Crippen molar-refractivity contribution < 1.29 is 38.8 Å². The maximum atomic E-state index is 14.7. The first-order chi connectivity index (χ1) is 31.9. The van der Waals surface area contributed by atoms with Crippen molar-refractivity contribution in [2.75, 3.05) is 39.4 Å². The molecule has 8 rings (SSSR count). The van der Waals surface area contributed by atoms with E-state index < -0.39 is 23.8 Å². The fourth-order valence-corrected chi connectivity index (χ4v) is 10.5. The van der Waals surface area contributed by atoms with Gasteiger partial charge in [0.1, 0.15) is 37.0 Å². The molecule has 5 aromatic carbocycles. The number of aliphatic hydroxyl groups excluding tert-OH is 2. The third kappa shape index (κ3) is 9.82. The quantitative estimate of drug-likeness (QED) is 0.0343. The summed E-state index contributed by atoms with van der Waals surface area (Å²) < 4.78 is 27.1. The molecule has 1 saturated carbocycles. The van der Waals surface area contributed by atoms with Gasteiger partial charge in [-0.2, -0.15) is 0 Å². The molecule has 6 atom stereocenters. The van der Waals surface area contributed by atoms with Gasteiger partial charge in [-0.25, -0.2) is 4.79 Å². The molecule has 0 bridgehead atoms. The van der Waals surface area contributed by atoms with Gasteiger partial charge in [-0.1, -0.05) is 115 Å². The minimum Gasteiger partial charge on any atom is -0.459 e. The molecule has 340 valence electrons. The zero-order chi connectivity index (χ0) is 45.2. The molecule has 0 unspecified atom stereocenters. The van der Waals surface area contributed by atoms with E-state index in [-0.39, 0.29) is 63.0 Å². The SMILES string of the molecule is C=CCO[C@@]12Oc3ccc(Oc4ccc(-c5ccccc5)cc4)cc3[C@H]3[C@H](CCCCO)[C@@H](CCCCO)C=C(C(=NOC)C[C@@H]1N(Cc1cccc4ccccc14)C(=O)OCCCl)[C@H]32. The molecule has 1 heterocycles. The minimum absolute atomic E-state index is 0.0137. The highest BCUT2D eigenvalue weighted by Gasteiger charge is 2.65. The number of carbonyl (C=O) groups excluding carboxylic acids is 1. The van der Waals surface area contributed by atoms with E-state index in [2.05, 4.69) is 61.2 Å². The second-order valence-corrected chi connectivity index (χ2v) is 17.4. The number of oxime groups is 1. The summed E-state index contributed by atoms with van der Waals surface area (Å²) in [5, 5.41) is 26.7. The molecule has 65 heavy (non-hydrogen) atoms. The molecular formula is C54H59ClN2O8. The summed E-state index contributed by atoms with van der Waals surface area (Å²) in [6, 6.07) is 37.7. The summed E-state index contributed by atoms with van der Waals surface area (Å²) in [5.41, 5.74) is 5.74. The van der Waals surface area contributed by atoms with Gasteiger partial charge in [-0.15, -0.1) is 18.2 Å². The van der Waals surface area contributed by atoms with Crippen LogP contribution in [0.4, 0.5) is 4.79 Å². The average molecular weight is 900 g/mol. The third-order valence-corrected chi connectivity index (χ3v) is 13.3. The van der Waals surface area contributed by atoms with E-state index in [1.54, 1.807) is 18.1 Å². The Morgan fingerprint density at radius 2 is 1.62 bits per heavy atom. The van der Waals surface area contributed by atoms with Crippen molar-refractivity contribution >= 4 is 34.2 Å². The van der Waals surface area contributed by atoms with E-state index in [0.717, 1.165) is 64.3 Å². The van der Waals surface area contributed by atoms with E-state index in [1.165, 1.54) is 0 Å². The van der Waals surface area contributed by atoms with Crippen molar-refractivity contribution in [2.45, 2.75) is 69.2 Å². The number of hydrogen-bond acceptors (Lipinski definition) is 9. The smallest absolute Gasteiger partial charge is 0.410 e. The fraction of sp³-hybridized carbons (Fsp3) is 0.370. The van der Waals surface area contributed by atoms with Gasteiger partial charge in [0.05, 0.1) is 30.7 Å². The predicted octanol–water partition coefficient (Wildman–Crippen LogP) is 11.4. The summed E-state index contributed by atoms with van der Waals surface area (Å²) >= 11 is 6.15. The van der Waals surface area contributed by atoms with Crippen LogP contribution in [0.25, 0.3) is 21.9 Å². The van der Waals surface area contributed by atoms with Crippen molar-refractivity contribution in [3.63, 3.8) is 0 Å². The average Bonchev–Trinajstić information content (AvgIpc) is 3.34. The monoisotopic (exact) mass is 898 g/mol. The number of unbranched alkanes of at least 4 members (excludes halogenated alkanes) is 2. The lowest BCUT2D eigenvalue weighted by molar-refractivity contribution is -0.256. The Bertz CT molecular complexity index is 2450. The molecular weight excluding hydrogens is 840 g/mol. The fourth-order valence-electron chi connectivity index (χ4n) is 10.4. The van der Waals surface area contributed by atoms with Crippen molar-refractivity contribution in [3.05, 3.63) is 151 Å². The van der Waals surface area contributed by atoms with Crippen LogP contribution >= 0.6 is 11.6 Å². The molecule has 3 aliphatic rings. The first kappa shape index (κ1) is 45.9. The third-order valence-electron chi connectivity index (χ3n) is 13.2. The Labute approximate surface area is 387 Å². The Kier molecular flexibility index (Phi) is 15.2. The molecule has 2 aliphatic carbocycles. The van der Waals surface area contributed by atoms with Crippen LogP contribution in [0.1, 0.15) is 62.0 Å². The first-order valence-electron chi connectivity index (χ1n) is 22.8. The number of ether oxygens (including phenoxy) is 4. The van der Waals surface area contributed by atoms with Crippen LogP contribution in [0.2, 0.25) is 0 Å². The Balaban J connectivity index is 1.30. The highest BCUT2D eigenvalue weighted by atomic mass is 35.5. The van der Waals surface area contributed by atoms with Gasteiger partial charge in [-0.05, 0) is 101 Å². The van der Waals surface area contributed by atoms with E-state index in [4.69, 9.17) is 40.5 Å². The lowest BCUT2D eigenvalue weighted by Crippen LogP contribution is -2.70. The largest absolute Gasteiger partial charge is 0.459 e. The maximum Gasteiger partial charge on any atom is 0.410 e. The van der Waals surface area contributed by atoms with Gasteiger partial charge in [0.2, 0.25) is 5.79 Å². The van der Waals surface area contributed by atoms with Gasteiger partial charge in [-0.3, -0.25) is 4.90 Å². The number of amides is 1. The number of benzene rings is 5. The number of fused-ring (bicyclic) bond motifs is 3. The molecule has 1 fully saturated rings. The van der Waals surface area contributed by atoms with Crippen LogP contribution in [-0.2, 0) is 20.9 Å². The van der Waals surface area contributed by atoms with Crippen LogP contribution in [0.5, 0.6) is 17.2 Å². The van der Waals surface area contributed by atoms with Crippen molar-refractivity contribution in [2.24, 2.45) is 22.9 Å². The number of hydrogen-bond donors (Lipinski definition) is 2. The molecule has 2 N–H and O–H groups in total. The zero-order valence-electron chi connectivity index (χ0n) is 37.0. The molecule has 0 saturated heterocycles. The Morgan fingerprint density at radius 1 is 0.892 bits per heavy atom. The van der Waals surface area contributed by atoms with Crippen molar-refractivity contribution in [1.82, 2.24) is 4.90 Å². The maximum absolute atomic E-state index is 14.7. The number of nitrogens with zero attached hydrogens (tertiary/aromatic N) is 2. The van der Waals surface area contributed by atoms with Crippen LogP contribution < -0.4 is 9.47 Å². The van der Waals surface area contributed by atoms with Crippen molar-refractivity contribution in [1.29, 1.82) is 0 Å².